The first-order valence-electron chi connectivity index (χ1n) is 10.8. The molecule has 0 bridgehead atoms. The first-order valence-corrected chi connectivity index (χ1v) is 12.3. The normalized spacial score (nSPS) is 17.1. The zero-order valence-corrected chi connectivity index (χ0v) is 19.6. The molecule has 1 fully saturated rings. The van der Waals surface area contributed by atoms with Crippen molar-refractivity contribution in [1.29, 1.82) is 0 Å². The molecule has 8 nitrogen and oxygen atoms in total. The Hall–Kier alpha value is -2.75. The van der Waals surface area contributed by atoms with Crippen LogP contribution in [0.25, 0.3) is 5.65 Å². The topological polar surface area (TPSA) is 93.0 Å². The van der Waals surface area contributed by atoms with E-state index in [-0.39, 0.29) is 12.5 Å². The molecule has 3 heterocycles. The van der Waals surface area contributed by atoms with Crippen molar-refractivity contribution >= 4 is 21.6 Å². The molecular formula is C23H30N4O4S. The number of rotatable bonds is 5. The highest BCUT2D eigenvalue weighted by atomic mass is 32.2. The van der Waals surface area contributed by atoms with E-state index in [1.54, 1.807) is 22.7 Å². The summed E-state index contributed by atoms with van der Waals surface area (Å²) >= 11 is 0. The van der Waals surface area contributed by atoms with Gasteiger partial charge in [-0.1, -0.05) is 32.1 Å². The average molecular weight is 459 g/mol. The molecule has 1 aliphatic heterocycles. The molecule has 0 radical (unpaired) electrons. The Bertz CT molecular complexity index is 1160. The third kappa shape index (κ3) is 5.53. The second-order valence-corrected chi connectivity index (χ2v) is 9.27. The van der Waals surface area contributed by atoms with Gasteiger partial charge in [-0.05, 0) is 36.3 Å². The second kappa shape index (κ2) is 10.7. The maximum absolute atomic E-state index is 12.8. The maximum atomic E-state index is 12.8. The molecule has 2 aromatic rings. The van der Waals surface area contributed by atoms with E-state index in [2.05, 4.69) is 10.3 Å². The summed E-state index contributed by atoms with van der Waals surface area (Å²) in [7, 11) is -3.51. The molecule has 2 aliphatic rings. The molecule has 0 atom stereocenters. The van der Waals surface area contributed by atoms with E-state index in [1.807, 2.05) is 51.3 Å². The highest BCUT2D eigenvalue weighted by molar-refractivity contribution is 7.93. The summed E-state index contributed by atoms with van der Waals surface area (Å²) in [4.78, 5) is 17.2. The zero-order valence-electron chi connectivity index (χ0n) is 18.7. The molecule has 1 N–H and O–H groups in total. The number of allylic oxidation sites excluding steroid dienone is 4. The fourth-order valence-electron chi connectivity index (χ4n) is 3.38. The van der Waals surface area contributed by atoms with Gasteiger partial charge in [0.2, 0.25) is 10.0 Å². The molecule has 9 heteroatoms. The number of hydrogen-bond donors (Lipinski definition) is 1. The van der Waals surface area contributed by atoms with Gasteiger partial charge in [-0.3, -0.25) is 4.79 Å². The predicted octanol–water partition coefficient (Wildman–Crippen LogP) is 2.83. The van der Waals surface area contributed by atoms with Gasteiger partial charge in [0, 0.05) is 38.4 Å². The minimum Gasteiger partial charge on any atom is -0.379 e. The van der Waals surface area contributed by atoms with E-state index in [0.29, 0.717) is 43.3 Å². The first-order chi connectivity index (χ1) is 15.4. The molecule has 0 aromatic carbocycles. The molecule has 172 valence electrons. The number of amides is 1. The number of hydrogen-bond acceptors (Lipinski definition) is 5. The number of morpholine rings is 1. The van der Waals surface area contributed by atoms with Crippen LogP contribution in [-0.2, 0) is 14.8 Å². The van der Waals surface area contributed by atoms with Crippen molar-refractivity contribution in [2.75, 3.05) is 32.8 Å². The lowest BCUT2D eigenvalue weighted by Crippen LogP contribution is -2.41. The Kier molecular flexibility index (Phi) is 8.00. The van der Waals surface area contributed by atoms with E-state index >= 15 is 0 Å². The summed E-state index contributed by atoms with van der Waals surface area (Å²) in [5.74, 6) is -0.278. The van der Waals surface area contributed by atoms with Crippen LogP contribution in [0.4, 0.5) is 0 Å². The van der Waals surface area contributed by atoms with Crippen LogP contribution in [-0.4, -0.2) is 60.9 Å². The smallest absolute Gasteiger partial charge is 0.271 e. The summed E-state index contributed by atoms with van der Waals surface area (Å²) in [6.45, 7) is 7.82. The number of sulfonamides is 1. The number of nitrogens with zero attached hydrogens (tertiary/aromatic N) is 3. The fourth-order valence-corrected chi connectivity index (χ4v) is 4.89. The van der Waals surface area contributed by atoms with Crippen molar-refractivity contribution < 1.29 is 17.9 Å². The van der Waals surface area contributed by atoms with Crippen molar-refractivity contribution in [3.63, 3.8) is 0 Å². The van der Waals surface area contributed by atoms with Crippen LogP contribution in [0.1, 0.15) is 36.3 Å². The van der Waals surface area contributed by atoms with Gasteiger partial charge < -0.3 is 14.5 Å². The van der Waals surface area contributed by atoms with Crippen molar-refractivity contribution in [3.8, 4) is 0 Å². The minimum atomic E-state index is -3.51. The van der Waals surface area contributed by atoms with Crippen LogP contribution >= 0.6 is 0 Å². The summed E-state index contributed by atoms with van der Waals surface area (Å²) in [5, 5.41) is 2.85. The number of pyridine rings is 1. The quantitative estimate of drug-likeness (QED) is 0.744. The number of fused-ring (bicyclic) bond motifs is 1. The number of imidazole rings is 1. The second-order valence-electron chi connectivity index (χ2n) is 7.28. The van der Waals surface area contributed by atoms with E-state index < -0.39 is 10.0 Å². The first kappa shape index (κ1) is 23.9. The van der Waals surface area contributed by atoms with Gasteiger partial charge in [-0.25, -0.2) is 13.4 Å². The lowest BCUT2D eigenvalue weighted by Gasteiger charge is -2.26. The monoisotopic (exact) mass is 458 g/mol. The molecule has 0 unspecified atom stereocenters. The van der Waals surface area contributed by atoms with Crippen molar-refractivity contribution in [2.24, 2.45) is 0 Å². The molecule has 1 amide bonds. The third-order valence-electron chi connectivity index (χ3n) is 5.08. The summed E-state index contributed by atoms with van der Waals surface area (Å²) in [5.41, 5.74) is 2.94. The third-order valence-corrected chi connectivity index (χ3v) is 7.09. The van der Waals surface area contributed by atoms with Crippen LogP contribution in [0.2, 0.25) is 0 Å². The number of ether oxygens (including phenoxy) is 1. The Morgan fingerprint density at radius 2 is 1.97 bits per heavy atom. The van der Waals surface area contributed by atoms with Crippen molar-refractivity contribution in [3.05, 3.63) is 70.6 Å². The Morgan fingerprint density at radius 1 is 1.22 bits per heavy atom. The van der Waals surface area contributed by atoms with Crippen LogP contribution in [0.3, 0.4) is 0 Å². The van der Waals surface area contributed by atoms with Crippen LogP contribution < -0.4 is 5.32 Å². The standard InChI is InChI=1S/C21H24N4O4S.C2H6/c1-16-7-8-24-15-19(23-20(24)13-16)21(26)22-14-17-3-2-4-18(6-5-17)30(27,28)25-9-11-29-12-10-25;1-2/h2-3,5-8,13,15H,4,9-12,14H2,1H3,(H,22,26);1-2H3. The number of nitrogens with one attached hydrogen (secondary N) is 1. The Balaban J connectivity index is 0.00000141. The van der Waals surface area contributed by atoms with Crippen molar-refractivity contribution in [2.45, 2.75) is 27.2 Å². The number of aromatic nitrogens is 2. The van der Waals surface area contributed by atoms with Crippen LogP contribution in [0, 0.1) is 6.92 Å². The maximum Gasteiger partial charge on any atom is 0.271 e. The molecular weight excluding hydrogens is 428 g/mol. The molecule has 32 heavy (non-hydrogen) atoms. The Morgan fingerprint density at radius 3 is 2.72 bits per heavy atom. The van der Waals surface area contributed by atoms with Crippen molar-refractivity contribution in [1.82, 2.24) is 19.0 Å². The Labute approximate surface area is 189 Å². The van der Waals surface area contributed by atoms with E-state index in [9.17, 15) is 13.2 Å². The van der Waals surface area contributed by atoms with Gasteiger partial charge >= 0.3 is 0 Å². The average Bonchev–Trinajstić information content (AvgIpc) is 3.08. The van der Waals surface area contributed by atoms with Gasteiger partial charge in [0.05, 0.1) is 18.1 Å². The number of carbonyl (C=O) groups excluding carboxylic acids is 1. The predicted molar refractivity (Wildman–Crippen MR) is 125 cm³/mol. The van der Waals surface area contributed by atoms with Gasteiger partial charge in [-0.2, -0.15) is 4.31 Å². The SMILES string of the molecule is CC.Cc1ccn2cc(C(=O)NCC3=CC=C(S(=O)(=O)N4CCOCC4)CC=C3)nc2c1. The summed E-state index contributed by atoms with van der Waals surface area (Å²) in [6, 6.07) is 3.86. The molecule has 2 aromatic heterocycles. The lowest BCUT2D eigenvalue weighted by atomic mass is 10.2. The zero-order chi connectivity index (χ0) is 23.1. The highest BCUT2D eigenvalue weighted by Gasteiger charge is 2.27. The molecule has 4 rings (SSSR count). The largest absolute Gasteiger partial charge is 0.379 e. The number of aryl methyl sites for hydroxylation is 1. The molecule has 0 spiro atoms. The van der Waals surface area contributed by atoms with Gasteiger partial charge in [-0.15, -0.1) is 0 Å². The lowest BCUT2D eigenvalue weighted by molar-refractivity contribution is 0.0734. The highest BCUT2D eigenvalue weighted by Crippen LogP contribution is 2.21. The van der Waals surface area contributed by atoms with Gasteiger partial charge in [0.1, 0.15) is 11.3 Å². The molecule has 1 aliphatic carbocycles. The van der Waals surface area contributed by atoms with E-state index in [0.717, 1.165) is 16.8 Å². The molecule has 0 saturated carbocycles. The summed E-state index contributed by atoms with van der Waals surface area (Å²) in [6.07, 6.45) is 10.9. The summed E-state index contributed by atoms with van der Waals surface area (Å²) < 4.78 is 34.1. The van der Waals surface area contributed by atoms with Crippen LogP contribution in [0.15, 0.2) is 59.3 Å². The van der Waals surface area contributed by atoms with Crippen LogP contribution in [0.5, 0.6) is 0 Å². The minimum absolute atomic E-state index is 0.278. The van der Waals surface area contributed by atoms with Gasteiger partial charge in [0.25, 0.3) is 5.91 Å². The van der Waals surface area contributed by atoms with E-state index in [4.69, 9.17) is 4.74 Å². The van der Waals surface area contributed by atoms with E-state index in [1.165, 1.54) is 4.31 Å². The van der Waals surface area contributed by atoms with Gasteiger partial charge in [0.15, 0.2) is 0 Å². The number of carbonyl (C=O) groups is 1. The fraction of sp³-hybridized carbons (Fsp3) is 0.391. The molecule has 1 saturated heterocycles.